The summed E-state index contributed by atoms with van der Waals surface area (Å²) in [6.07, 6.45) is 2.20. The van der Waals surface area contributed by atoms with E-state index in [1.165, 1.54) is 17.2 Å². The maximum atomic E-state index is 12.3. The number of amides is 1. The highest BCUT2D eigenvalue weighted by Gasteiger charge is 2.21. The molecular weight excluding hydrogens is 388 g/mol. The first-order chi connectivity index (χ1) is 13.9. The smallest absolute Gasteiger partial charge is 0.267 e. The van der Waals surface area contributed by atoms with Crippen LogP contribution in [0.15, 0.2) is 41.2 Å². The van der Waals surface area contributed by atoms with Gasteiger partial charge in [-0.3, -0.25) is 9.59 Å². The molecule has 29 heavy (non-hydrogen) atoms. The Morgan fingerprint density at radius 2 is 1.83 bits per heavy atom. The van der Waals surface area contributed by atoms with E-state index in [2.05, 4.69) is 29.2 Å². The Morgan fingerprint density at radius 3 is 2.52 bits per heavy atom. The lowest BCUT2D eigenvalue weighted by Crippen LogP contribution is -2.40. The molecule has 156 valence electrons. The first kappa shape index (κ1) is 21.5. The molecule has 7 heteroatoms. The highest BCUT2D eigenvalue weighted by molar-refractivity contribution is 6.30. The summed E-state index contributed by atoms with van der Waals surface area (Å²) < 4.78 is 1.20. The van der Waals surface area contributed by atoms with Crippen LogP contribution in [0.1, 0.15) is 26.7 Å². The van der Waals surface area contributed by atoms with Gasteiger partial charge in [0.25, 0.3) is 5.56 Å². The van der Waals surface area contributed by atoms with Crippen LogP contribution in [-0.2, 0) is 11.3 Å². The molecule has 1 aromatic carbocycles. The molecule has 2 aromatic rings. The van der Waals surface area contributed by atoms with Gasteiger partial charge in [-0.2, -0.15) is 5.10 Å². The molecule has 1 aliphatic heterocycles. The zero-order valence-corrected chi connectivity index (χ0v) is 17.9. The molecule has 3 rings (SSSR count). The van der Waals surface area contributed by atoms with Gasteiger partial charge in [0.15, 0.2) is 0 Å². The lowest BCUT2D eigenvalue weighted by Gasteiger charge is -2.34. The van der Waals surface area contributed by atoms with Crippen molar-refractivity contribution in [1.29, 1.82) is 0 Å². The average Bonchev–Trinajstić information content (AvgIpc) is 2.67. The van der Waals surface area contributed by atoms with Crippen molar-refractivity contribution in [2.75, 3.05) is 26.2 Å². The molecule has 2 atom stereocenters. The molecule has 0 spiro atoms. The number of rotatable bonds is 7. The molecule has 1 aliphatic rings. The van der Waals surface area contributed by atoms with Crippen LogP contribution in [0.2, 0.25) is 5.02 Å². The van der Waals surface area contributed by atoms with Crippen LogP contribution >= 0.6 is 11.6 Å². The first-order valence-corrected chi connectivity index (χ1v) is 10.6. The van der Waals surface area contributed by atoms with E-state index in [0.717, 1.165) is 43.5 Å². The second kappa shape index (κ2) is 10.0. The van der Waals surface area contributed by atoms with Crippen molar-refractivity contribution in [2.45, 2.75) is 33.2 Å². The normalized spacial score (nSPS) is 19.8. The summed E-state index contributed by atoms with van der Waals surface area (Å²) in [6.45, 7) is 8.37. The van der Waals surface area contributed by atoms with Crippen molar-refractivity contribution in [1.82, 2.24) is 20.0 Å². The Morgan fingerprint density at radius 1 is 1.14 bits per heavy atom. The van der Waals surface area contributed by atoms with E-state index in [-0.39, 0.29) is 18.0 Å². The minimum absolute atomic E-state index is 0.0853. The fourth-order valence-corrected chi connectivity index (χ4v) is 4.16. The standard InChI is InChI=1S/C22H29ClN4O2/c1-16-12-17(2)14-26(13-16)11-3-10-24-21(28)15-27-22(29)9-8-20(25-27)18-4-6-19(23)7-5-18/h4-9,16-17H,3,10-15H2,1-2H3,(H,24,28). The summed E-state index contributed by atoms with van der Waals surface area (Å²) in [6, 6.07) is 10.3. The van der Waals surface area contributed by atoms with Crippen LogP contribution in [0.3, 0.4) is 0 Å². The Balaban J connectivity index is 1.49. The molecule has 1 amide bonds. The molecule has 1 fully saturated rings. The predicted molar refractivity (Wildman–Crippen MR) is 116 cm³/mol. The number of benzene rings is 1. The van der Waals surface area contributed by atoms with Crippen LogP contribution < -0.4 is 10.9 Å². The van der Waals surface area contributed by atoms with Crippen LogP contribution in [-0.4, -0.2) is 46.8 Å². The average molecular weight is 417 g/mol. The molecule has 2 heterocycles. The van der Waals surface area contributed by atoms with E-state index in [1.807, 2.05) is 12.1 Å². The summed E-state index contributed by atoms with van der Waals surface area (Å²) in [5.41, 5.74) is 1.17. The van der Waals surface area contributed by atoms with Crippen molar-refractivity contribution in [3.63, 3.8) is 0 Å². The lowest BCUT2D eigenvalue weighted by molar-refractivity contribution is -0.121. The minimum atomic E-state index is -0.297. The Kier molecular flexibility index (Phi) is 7.45. The van der Waals surface area contributed by atoms with E-state index in [4.69, 9.17) is 11.6 Å². The second-order valence-electron chi connectivity index (χ2n) is 8.13. The molecule has 0 radical (unpaired) electrons. The summed E-state index contributed by atoms with van der Waals surface area (Å²) in [7, 11) is 0. The number of hydrogen-bond acceptors (Lipinski definition) is 4. The number of carbonyl (C=O) groups excluding carboxylic acids is 1. The van der Waals surface area contributed by atoms with Crippen LogP contribution in [0, 0.1) is 11.8 Å². The van der Waals surface area contributed by atoms with Gasteiger partial charge in [-0.05, 0) is 49.4 Å². The van der Waals surface area contributed by atoms with Gasteiger partial charge in [0.2, 0.25) is 5.91 Å². The maximum absolute atomic E-state index is 12.3. The number of piperidine rings is 1. The molecule has 1 aromatic heterocycles. The maximum Gasteiger partial charge on any atom is 0.267 e. The van der Waals surface area contributed by atoms with Gasteiger partial charge in [0, 0.05) is 36.3 Å². The van der Waals surface area contributed by atoms with Crippen LogP contribution in [0.25, 0.3) is 11.3 Å². The largest absolute Gasteiger partial charge is 0.354 e. The quantitative estimate of drug-likeness (QED) is 0.704. The monoisotopic (exact) mass is 416 g/mol. The number of nitrogens with one attached hydrogen (secondary N) is 1. The van der Waals surface area contributed by atoms with E-state index in [1.54, 1.807) is 18.2 Å². The molecule has 0 saturated carbocycles. The summed E-state index contributed by atoms with van der Waals surface area (Å²) >= 11 is 5.92. The third kappa shape index (κ3) is 6.41. The molecule has 0 aliphatic carbocycles. The highest BCUT2D eigenvalue weighted by atomic mass is 35.5. The molecule has 1 N–H and O–H groups in total. The number of nitrogens with zero attached hydrogens (tertiary/aromatic N) is 3. The SMILES string of the molecule is CC1CC(C)CN(CCCNC(=O)Cn2nc(-c3ccc(Cl)cc3)ccc2=O)C1. The topological polar surface area (TPSA) is 67.2 Å². The Labute approximate surface area is 176 Å². The first-order valence-electron chi connectivity index (χ1n) is 10.2. The number of halogens is 1. The number of aromatic nitrogens is 2. The molecule has 2 unspecified atom stereocenters. The third-order valence-corrected chi connectivity index (χ3v) is 5.47. The number of carbonyl (C=O) groups is 1. The summed E-state index contributed by atoms with van der Waals surface area (Å²) in [5.74, 6) is 1.27. The van der Waals surface area contributed by atoms with Gasteiger partial charge >= 0.3 is 0 Å². The summed E-state index contributed by atoms with van der Waals surface area (Å²) in [4.78, 5) is 26.8. The summed E-state index contributed by atoms with van der Waals surface area (Å²) in [5, 5.41) is 7.86. The fourth-order valence-electron chi connectivity index (χ4n) is 4.03. The van der Waals surface area contributed by atoms with E-state index >= 15 is 0 Å². The van der Waals surface area contributed by atoms with E-state index < -0.39 is 0 Å². The third-order valence-electron chi connectivity index (χ3n) is 5.22. The minimum Gasteiger partial charge on any atom is -0.354 e. The molecule has 6 nitrogen and oxygen atoms in total. The van der Waals surface area contributed by atoms with Gasteiger partial charge in [0.05, 0.1) is 5.69 Å². The zero-order chi connectivity index (χ0) is 20.8. The molecule has 1 saturated heterocycles. The Bertz CT molecular complexity index is 871. The van der Waals surface area contributed by atoms with Gasteiger partial charge in [-0.1, -0.05) is 37.6 Å². The highest BCUT2D eigenvalue weighted by Crippen LogP contribution is 2.21. The van der Waals surface area contributed by atoms with Crippen LogP contribution in [0.4, 0.5) is 0 Å². The van der Waals surface area contributed by atoms with Gasteiger partial charge in [0.1, 0.15) is 6.54 Å². The van der Waals surface area contributed by atoms with Gasteiger partial charge in [-0.15, -0.1) is 0 Å². The van der Waals surface area contributed by atoms with Crippen molar-refractivity contribution in [3.8, 4) is 11.3 Å². The zero-order valence-electron chi connectivity index (χ0n) is 17.1. The van der Waals surface area contributed by atoms with E-state index in [0.29, 0.717) is 17.3 Å². The van der Waals surface area contributed by atoms with Crippen LogP contribution in [0.5, 0.6) is 0 Å². The van der Waals surface area contributed by atoms with Gasteiger partial charge in [-0.25, -0.2) is 4.68 Å². The van der Waals surface area contributed by atoms with Crippen molar-refractivity contribution >= 4 is 17.5 Å². The van der Waals surface area contributed by atoms with E-state index in [9.17, 15) is 9.59 Å². The van der Waals surface area contributed by atoms with Gasteiger partial charge < -0.3 is 10.2 Å². The van der Waals surface area contributed by atoms with Crippen molar-refractivity contribution < 1.29 is 4.79 Å². The number of likely N-dealkylation sites (tertiary alicyclic amines) is 1. The van der Waals surface area contributed by atoms with Crippen molar-refractivity contribution in [2.24, 2.45) is 11.8 Å². The second-order valence-corrected chi connectivity index (χ2v) is 8.57. The Hall–Kier alpha value is -2.18. The lowest BCUT2D eigenvalue weighted by atomic mass is 9.92. The predicted octanol–water partition coefficient (Wildman–Crippen LogP) is 3.05. The number of hydrogen-bond donors (Lipinski definition) is 1. The molecule has 0 bridgehead atoms. The van der Waals surface area contributed by atoms with Crippen molar-refractivity contribution in [3.05, 3.63) is 51.8 Å². The molecular formula is C22H29ClN4O2. The fraction of sp³-hybridized carbons (Fsp3) is 0.500.